The normalized spacial score (nSPS) is 15.0. The molecule has 8 heteroatoms. The predicted octanol–water partition coefficient (Wildman–Crippen LogP) is 1.32. The molecule has 5 nitrogen and oxygen atoms in total. The van der Waals surface area contributed by atoms with Crippen molar-refractivity contribution in [3.63, 3.8) is 0 Å². The summed E-state index contributed by atoms with van der Waals surface area (Å²) < 4.78 is 49.9. The topological polar surface area (TPSA) is 71.5 Å². The van der Waals surface area contributed by atoms with E-state index in [0.29, 0.717) is 6.07 Å². The number of amides is 1. The van der Waals surface area contributed by atoms with Gasteiger partial charge in [-0.2, -0.15) is 0 Å². The van der Waals surface area contributed by atoms with Crippen LogP contribution in [0.2, 0.25) is 0 Å². The monoisotopic (exact) mass is 317 g/mol. The molecule has 0 unspecified atom stereocenters. The summed E-state index contributed by atoms with van der Waals surface area (Å²) in [4.78, 5) is 24.4. The highest BCUT2D eigenvalue weighted by atomic mass is 32.2. The second kappa shape index (κ2) is 5.18. The van der Waals surface area contributed by atoms with E-state index in [9.17, 15) is 26.8 Å². The summed E-state index contributed by atoms with van der Waals surface area (Å²) in [6.45, 7) is 2.72. The van der Waals surface area contributed by atoms with E-state index in [-0.39, 0.29) is 23.5 Å². The van der Waals surface area contributed by atoms with Crippen molar-refractivity contribution in [2.75, 3.05) is 17.2 Å². The number of hydrogen-bond donors (Lipinski definition) is 0. The number of rotatable bonds is 4. The summed E-state index contributed by atoms with van der Waals surface area (Å²) in [5.74, 6) is -4.73. The first-order valence-electron chi connectivity index (χ1n) is 6.22. The third kappa shape index (κ3) is 2.67. The highest BCUT2D eigenvalue weighted by molar-refractivity contribution is 7.92. The Morgan fingerprint density at radius 3 is 2.29 bits per heavy atom. The summed E-state index contributed by atoms with van der Waals surface area (Å²) in [5.41, 5.74) is -0.344. The molecule has 0 aliphatic carbocycles. The molecule has 1 aromatic rings. The van der Waals surface area contributed by atoms with E-state index < -0.39 is 38.4 Å². The Hall–Kier alpha value is -1.83. The number of halogens is 2. The molecule has 0 radical (unpaired) electrons. The first-order chi connectivity index (χ1) is 9.65. The van der Waals surface area contributed by atoms with Crippen molar-refractivity contribution < 1.29 is 26.8 Å². The second-order valence-corrected chi connectivity index (χ2v) is 7.66. The quantitative estimate of drug-likeness (QED) is 0.785. The lowest BCUT2D eigenvalue weighted by Crippen LogP contribution is -2.35. The van der Waals surface area contributed by atoms with Gasteiger partial charge in [-0.25, -0.2) is 17.2 Å². The maximum absolute atomic E-state index is 13.3. The Labute approximate surface area is 120 Å². The Morgan fingerprint density at radius 1 is 1.14 bits per heavy atom. The number of anilines is 1. The van der Waals surface area contributed by atoms with E-state index in [4.69, 9.17) is 0 Å². The molecule has 1 aromatic carbocycles. The van der Waals surface area contributed by atoms with Gasteiger partial charge in [0.15, 0.2) is 21.5 Å². The molecule has 114 valence electrons. The van der Waals surface area contributed by atoms with Crippen molar-refractivity contribution in [1.29, 1.82) is 0 Å². The first kappa shape index (κ1) is 15.6. The van der Waals surface area contributed by atoms with Crippen LogP contribution in [0.4, 0.5) is 14.5 Å². The fraction of sp³-hybridized carbons (Fsp3) is 0.385. The molecule has 1 amide bonds. The van der Waals surface area contributed by atoms with Gasteiger partial charge in [0.1, 0.15) is 0 Å². The molecule has 1 aliphatic heterocycles. The Kier molecular flexibility index (Phi) is 3.83. The number of benzene rings is 1. The van der Waals surface area contributed by atoms with Gasteiger partial charge in [-0.15, -0.1) is 0 Å². The first-order valence-corrected chi connectivity index (χ1v) is 7.93. The molecule has 0 N–H and O–H groups in total. The lowest BCUT2D eigenvalue weighted by atomic mass is 10.1. The van der Waals surface area contributed by atoms with Crippen LogP contribution in [-0.4, -0.2) is 37.7 Å². The van der Waals surface area contributed by atoms with Gasteiger partial charge in [0, 0.05) is 12.6 Å². The molecule has 0 spiro atoms. The van der Waals surface area contributed by atoms with Crippen LogP contribution in [-0.2, 0) is 14.6 Å². The van der Waals surface area contributed by atoms with E-state index in [1.165, 1.54) is 13.8 Å². The molecule has 21 heavy (non-hydrogen) atoms. The molecule has 0 atom stereocenters. The average molecular weight is 317 g/mol. The molecule has 2 rings (SSSR count). The fourth-order valence-electron chi connectivity index (χ4n) is 1.96. The van der Waals surface area contributed by atoms with Crippen molar-refractivity contribution >= 4 is 27.2 Å². The maximum atomic E-state index is 13.3. The molecule has 1 aliphatic rings. The Morgan fingerprint density at radius 2 is 1.71 bits per heavy atom. The highest BCUT2D eigenvalue weighted by Crippen LogP contribution is 2.30. The van der Waals surface area contributed by atoms with Crippen LogP contribution in [0.5, 0.6) is 0 Å². The van der Waals surface area contributed by atoms with Gasteiger partial charge < -0.3 is 4.90 Å². The van der Waals surface area contributed by atoms with Gasteiger partial charge in [-0.3, -0.25) is 9.59 Å². The van der Waals surface area contributed by atoms with E-state index in [1.807, 2.05) is 0 Å². The third-order valence-electron chi connectivity index (χ3n) is 3.33. The zero-order chi connectivity index (χ0) is 15.9. The summed E-state index contributed by atoms with van der Waals surface area (Å²) >= 11 is 0. The summed E-state index contributed by atoms with van der Waals surface area (Å²) in [6, 6.07) is 1.39. The van der Waals surface area contributed by atoms with Gasteiger partial charge in [-0.05, 0) is 19.9 Å². The number of Topliss-reactive ketones (excluding diaryl/α,β-unsaturated/α-hetero) is 1. The molecule has 0 bridgehead atoms. The molecule has 1 heterocycles. The van der Waals surface area contributed by atoms with Gasteiger partial charge in [0.2, 0.25) is 0 Å². The zero-order valence-corrected chi connectivity index (χ0v) is 12.2. The van der Waals surface area contributed by atoms with Crippen LogP contribution >= 0.6 is 0 Å². The molecule has 0 saturated carbocycles. The zero-order valence-electron chi connectivity index (χ0n) is 11.4. The summed E-state index contributed by atoms with van der Waals surface area (Å²) in [7, 11) is -3.42. The summed E-state index contributed by atoms with van der Waals surface area (Å²) in [6.07, 6.45) is 0. The minimum absolute atomic E-state index is 0.0946. The van der Waals surface area contributed by atoms with Crippen LogP contribution in [0, 0.1) is 11.6 Å². The fourth-order valence-corrected chi connectivity index (χ4v) is 2.87. The molecule has 0 aromatic heterocycles. The lowest BCUT2D eigenvalue weighted by molar-refractivity contribution is -0.114. The van der Waals surface area contributed by atoms with Crippen molar-refractivity contribution in [2.24, 2.45) is 0 Å². The van der Waals surface area contributed by atoms with Gasteiger partial charge in [0.05, 0.1) is 22.3 Å². The Bertz CT molecular complexity index is 728. The van der Waals surface area contributed by atoms with Crippen molar-refractivity contribution in [2.45, 2.75) is 19.1 Å². The van der Waals surface area contributed by atoms with Crippen molar-refractivity contribution in [3.05, 3.63) is 29.3 Å². The number of carbonyl (C=O) groups is 2. The van der Waals surface area contributed by atoms with Gasteiger partial charge in [0.25, 0.3) is 11.7 Å². The number of hydrogen-bond acceptors (Lipinski definition) is 4. The number of carbonyl (C=O) groups excluding carboxylic acids is 2. The van der Waals surface area contributed by atoms with Gasteiger partial charge >= 0.3 is 0 Å². The number of ketones is 1. The van der Waals surface area contributed by atoms with Crippen LogP contribution in [0.15, 0.2) is 12.1 Å². The molecule has 0 saturated heterocycles. The third-order valence-corrected chi connectivity index (χ3v) is 5.52. The van der Waals surface area contributed by atoms with Gasteiger partial charge in [-0.1, -0.05) is 0 Å². The van der Waals surface area contributed by atoms with Crippen LogP contribution in [0.25, 0.3) is 0 Å². The summed E-state index contributed by atoms with van der Waals surface area (Å²) in [5, 5.41) is -0.629. The maximum Gasteiger partial charge on any atom is 0.299 e. The van der Waals surface area contributed by atoms with Crippen LogP contribution in [0.1, 0.15) is 24.2 Å². The Balaban J connectivity index is 2.34. The minimum Gasteiger partial charge on any atom is -0.304 e. The van der Waals surface area contributed by atoms with Crippen LogP contribution < -0.4 is 4.90 Å². The number of fused-ring (bicyclic) bond motifs is 1. The molecular weight excluding hydrogens is 304 g/mol. The largest absolute Gasteiger partial charge is 0.304 e. The average Bonchev–Trinajstić information content (AvgIpc) is 2.61. The second-order valence-electron chi connectivity index (χ2n) is 4.99. The predicted molar refractivity (Wildman–Crippen MR) is 72.0 cm³/mol. The number of nitrogens with zero attached hydrogens (tertiary/aromatic N) is 1. The molecule has 0 fully saturated rings. The highest BCUT2D eigenvalue weighted by Gasteiger charge is 2.37. The number of sulfone groups is 1. The minimum atomic E-state index is -3.42. The smallest absolute Gasteiger partial charge is 0.299 e. The SMILES string of the molecule is CC(C)S(=O)(=O)CCN1C(=O)C(=O)c2cc(F)c(F)cc21. The standard InChI is InChI=1S/C13H13F2NO4S/c1-7(2)21(19,20)4-3-16-11-6-10(15)9(14)5-8(11)12(17)13(16)18/h5-7H,3-4H2,1-2H3. The van der Waals surface area contributed by atoms with E-state index >= 15 is 0 Å². The van der Waals surface area contributed by atoms with Crippen molar-refractivity contribution in [1.82, 2.24) is 0 Å². The lowest BCUT2D eigenvalue weighted by Gasteiger charge is -2.17. The molecular formula is C13H13F2NO4S. The van der Waals surface area contributed by atoms with E-state index in [1.54, 1.807) is 0 Å². The van der Waals surface area contributed by atoms with E-state index in [0.717, 1.165) is 11.0 Å². The van der Waals surface area contributed by atoms with Crippen LogP contribution in [0.3, 0.4) is 0 Å². The van der Waals surface area contributed by atoms with Crippen molar-refractivity contribution in [3.8, 4) is 0 Å². The van der Waals surface area contributed by atoms with E-state index in [2.05, 4.69) is 0 Å².